The van der Waals surface area contributed by atoms with Gasteiger partial charge in [0, 0.05) is 58.4 Å². The Morgan fingerprint density at radius 1 is 1.12 bits per heavy atom. The number of nitrogens with zero attached hydrogens (tertiary/aromatic N) is 7. The largest absolute Gasteiger partial charge is 0.493 e. The summed E-state index contributed by atoms with van der Waals surface area (Å²) in [4.78, 5) is 15.6. The SMILES string of the molecule is CN(CCN1CCN(c2ccc(OCC3CCNCC3)cc2F)CC1)c1nc(N)n2nc(-c3ccco3)cc2n1. The van der Waals surface area contributed by atoms with Crippen LogP contribution in [0, 0.1) is 11.7 Å². The van der Waals surface area contributed by atoms with E-state index < -0.39 is 0 Å². The maximum absolute atomic E-state index is 15.0. The zero-order valence-corrected chi connectivity index (χ0v) is 22.8. The Morgan fingerprint density at radius 3 is 2.70 bits per heavy atom. The minimum atomic E-state index is -0.226. The van der Waals surface area contributed by atoms with Crippen LogP contribution < -0.4 is 25.6 Å². The molecule has 0 atom stereocenters. The average Bonchev–Trinajstić information content (AvgIpc) is 3.67. The summed E-state index contributed by atoms with van der Waals surface area (Å²) in [6.07, 6.45) is 3.82. The maximum Gasteiger partial charge on any atom is 0.230 e. The summed E-state index contributed by atoms with van der Waals surface area (Å²) in [5.74, 6) is 2.37. The molecular weight excluding hydrogens is 513 g/mol. The molecule has 0 unspecified atom stereocenters. The lowest BCUT2D eigenvalue weighted by atomic mass is 9.99. The van der Waals surface area contributed by atoms with E-state index in [2.05, 4.69) is 30.2 Å². The van der Waals surface area contributed by atoms with E-state index in [0.29, 0.717) is 47.0 Å². The highest BCUT2D eigenvalue weighted by Crippen LogP contribution is 2.26. The van der Waals surface area contributed by atoms with Gasteiger partial charge in [-0.15, -0.1) is 0 Å². The van der Waals surface area contributed by atoms with Crippen LogP contribution in [0.2, 0.25) is 0 Å². The number of halogens is 1. The van der Waals surface area contributed by atoms with E-state index in [1.807, 2.05) is 42.3 Å². The third-order valence-corrected chi connectivity index (χ3v) is 7.78. The Morgan fingerprint density at radius 2 is 1.95 bits per heavy atom. The molecule has 6 rings (SSSR count). The molecule has 2 fully saturated rings. The molecule has 3 aromatic heterocycles. The quantitative estimate of drug-likeness (QED) is 0.323. The molecule has 0 saturated carbocycles. The number of piperazine rings is 1. The number of likely N-dealkylation sites (N-methyl/N-ethyl adjacent to an activating group) is 1. The molecule has 0 bridgehead atoms. The van der Waals surface area contributed by atoms with Gasteiger partial charge in [0.15, 0.2) is 11.4 Å². The van der Waals surface area contributed by atoms with Crippen molar-refractivity contribution in [2.45, 2.75) is 12.8 Å². The summed E-state index contributed by atoms with van der Waals surface area (Å²) in [7, 11) is 1.95. The number of nitrogen functional groups attached to an aromatic ring is 1. The van der Waals surface area contributed by atoms with Gasteiger partial charge in [-0.25, -0.2) is 4.39 Å². The Hall–Kier alpha value is -3.90. The number of anilines is 3. The van der Waals surface area contributed by atoms with E-state index in [0.717, 1.165) is 65.2 Å². The number of ether oxygens (including phenoxy) is 1. The van der Waals surface area contributed by atoms with Crippen LogP contribution in [0.25, 0.3) is 17.1 Å². The molecule has 0 aliphatic carbocycles. The minimum absolute atomic E-state index is 0.226. The van der Waals surface area contributed by atoms with Gasteiger partial charge in [-0.2, -0.15) is 19.6 Å². The minimum Gasteiger partial charge on any atom is -0.493 e. The van der Waals surface area contributed by atoms with Gasteiger partial charge in [-0.1, -0.05) is 0 Å². The first-order valence-electron chi connectivity index (χ1n) is 13.9. The molecule has 0 amide bonds. The van der Waals surface area contributed by atoms with Crippen molar-refractivity contribution in [2.24, 2.45) is 5.92 Å². The molecule has 12 heteroatoms. The summed E-state index contributed by atoms with van der Waals surface area (Å²) in [5, 5.41) is 7.81. The van der Waals surface area contributed by atoms with Crippen molar-refractivity contribution >= 4 is 23.2 Å². The van der Waals surface area contributed by atoms with Crippen LogP contribution >= 0.6 is 0 Å². The van der Waals surface area contributed by atoms with Crippen LogP contribution in [0.15, 0.2) is 47.1 Å². The topological polar surface area (TPSA) is 113 Å². The van der Waals surface area contributed by atoms with Crippen molar-refractivity contribution in [3.63, 3.8) is 0 Å². The van der Waals surface area contributed by atoms with Gasteiger partial charge < -0.3 is 30.0 Å². The lowest BCUT2D eigenvalue weighted by Crippen LogP contribution is -2.48. The monoisotopic (exact) mass is 549 g/mol. The van der Waals surface area contributed by atoms with Gasteiger partial charge in [0.05, 0.1) is 18.6 Å². The number of nitrogens with two attached hydrogens (primary N) is 1. The summed E-state index contributed by atoms with van der Waals surface area (Å²) in [5.41, 5.74) is 8.08. The lowest BCUT2D eigenvalue weighted by Gasteiger charge is -2.36. The summed E-state index contributed by atoms with van der Waals surface area (Å²) < 4.78 is 27.8. The molecule has 11 nitrogen and oxygen atoms in total. The zero-order chi connectivity index (χ0) is 27.5. The third-order valence-electron chi connectivity index (χ3n) is 7.78. The number of furan rings is 1. The van der Waals surface area contributed by atoms with Crippen LogP contribution in [0.5, 0.6) is 5.75 Å². The number of rotatable bonds is 9. The highest BCUT2D eigenvalue weighted by atomic mass is 19.1. The fourth-order valence-electron chi connectivity index (χ4n) is 5.31. The van der Waals surface area contributed by atoms with Gasteiger partial charge in [-0.3, -0.25) is 4.90 Å². The summed E-state index contributed by atoms with van der Waals surface area (Å²) >= 11 is 0. The second-order valence-corrected chi connectivity index (χ2v) is 10.5. The number of hydrogen-bond acceptors (Lipinski definition) is 10. The van der Waals surface area contributed by atoms with Crippen LogP contribution in [-0.4, -0.2) is 90.5 Å². The Balaban J connectivity index is 0.999. The van der Waals surface area contributed by atoms with E-state index in [4.69, 9.17) is 14.9 Å². The van der Waals surface area contributed by atoms with Crippen molar-refractivity contribution in [3.8, 4) is 17.2 Å². The second-order valence-electron chi connectivity index (χ2n) is 10.5. The van der Waals surface area contributed by atoms with Gasteiger partial charge >= 0.3 is 0 Å². The third kappa shape index (κ3) is 5.82. The number of nitrogens with one attached hydrogen (secondary N) is 1. The molecule has 0 spiro atoms. The Kier molecular flexibility index (Phi) is 7.69. The first-order valence-corrected chi connectivity index (χ1v) is 13.9. The molecule has 5 heterocycles. The first kappa shape index (κ1) is 26.3. The molecule has 4 aromatic rings. The molecule has 2 saturated heterocycles. The molecule has 1 aromatic carbocycles. The molecule has 3 N–H and O–H groups in total. The number of fused-ring (bicyclic) bond motifs is 1. The fourth-order valence-corrected chi connectivity index (χ4v) is 5.31. The van der Waals surface area contributed by atoms with E-state index in [1.54, 1.807) is 6.26 Å². The van der Waals surface area contributed by atoms with E-state index in [9.17, 15) is 4.39 Å². The van der Waals surface area contributed by atoms with Crippen molar-refractivity contribution < 1.29 is 13.5 Å². The van der Waals surface area contributed by atoms with Crippen LogP contribution in [0.4, 0.5) is 22.0 Å². The van der Waals surface area contributed by atoms with E-state index in [-0.39, 0.29) is 11.8 Å². The lowest BCUT2D eigenvalue weighted by molar-refractivity contribution is 0.214. The van der Waals surface area contributed by atoms with Gasteiger partial charge in [0.25, 0.3) is 0 Å². The fraction of sp³-hybridized carbons (Fsp3) is 0.464. The second kappa shape index (κ2) is 11.7. The Bertz CT molecular complexity index is 1410. The standard InChI is InChI=1S/C28H36FN9O2/c1-35(28-32-26-18-23(25-3-2-16-39-25)34-38(26)27(30)33-28)10-11-36-12-14-37(15-13-36)24-5-4-21(17-22(24)29)40-19-20-6-8-31-9-7-20/h2-5,16-18,20,31H,6-15,19H2,1H3,(H2,30,32,33). The van der Waals surface area contributed by atoms with Crippen molar-refractivity contribution in [1.29, 1.82) is 0 Å². The van der Waals surface area contributed by atoms with E-state index >= 15 is 0 Å². The molecule has 0 radical (unpaired) electrons. The predicted octanol–water partition coefficient (Wildman–Crippen LogP) is 2.74. The Labute approximate surface area is 232 Å². The van der Waals surface area contributed by atoms with Crippen LogP contribution in [0.3, 0.4) is 0 Å². The smallest absolute Gasteiger partial charge is 0.230 e. The van der Waals surface area contributed by atoms with Crippen molar-refractivity contribution in [1.82, 2.24) is 29.8 Å². The molecule has 2 aliphatic rings. The summed E-state index contributed by atoms with van der Waals surface area (Å²) in [6, 6.07) is 10.8. The zero-order valence-electron chi connectivity index (χ0n) is 22.8. The van der Waals surface area contributed by atoms with Gasteiger partial charge in [0.1, 0.15) is 17.3 Å². The summed E-state index contributed by atoms with van der Waals surface area (Å²) in [6.45, 7) is 7.48. The van der Waals surface area contributed by atoms with Crippen LogP contribution in [-0.2, 0) is 0 Å². The highest BCUT2D eigenvalue weighted by Gasteiger charge is 2.21. The molecule has 2 aliphatic heterocycles. The van der Waals surface area contributed by atoms with Crippen molar-refractivity contribution in [2.75, 3.05) is 81.5 Å². The van der Waals surface area contributed by atoms with E-state index in [1.165, 1.54) is 10.6 Å². The van der Waals surface area contributed by atoms with Gasteiger partial charge in [-0.05, 0) is 56.1 Å². The molecular formula is C28H36FN9O2. The number of aromatic nitrogens is 4. The predicted molar refractivity (Wildman–Crippen MR) is 152 cm³/mol. The first-order chi connectivity index (χ1) is 19.5. The van der Waals surface area contributed by atoms with Crippen molar-refractivity contribution in [3.05, 3.63) is 48.5 Å². The average molecular weight is 550 g/mol. The number of benzene rings is 1. The normalized spacial score (nSPS) is 17.0. The van der Waals surface area contributed by atoms with Crippen LogP contribution in [0.1, 0.15) is 12.8 Å². The van der Waals surface area contributed by atoms with Gasteiger partial charge in [0.2, 0.25) is 11.9 Å². The molecule has 212 valence electrons. The number of piperidine rings is 1. The molecule has 40 heavy (non-hydrogen) atoms. The number of hydrogen-bond donors (Lipinski definition) is 2. The highest BCUT2D eigenvalue weighted by molar-refractivity contribution is 5.61. The maximum atomic E-state index is 15.0.